The number of halogens is 1. The number of amides is 1. The van der Waals surface area contributed by atoms with Crippen LogP contribution in [0.15, 0.2) is 41.3 Å². The van der Waals surface area contributed by atoms with Gasteiger partial charge in [0.1, 0.15) is 10.4 Å². The van der Waals surface area contributed by atoms with Crippen LogP contribution in [-0.2, 0) is 20.0 Å². The topological polar surface area (TPSA) is 71.3 Å². The molecule has 2 N–H and O–H groups in total. The normalized spacial score (nSPS) is 9.97. The zero-order valence-corrected chi connectivity index (χ0v) is 19.9. The highest BCUT2D eigenvalue weighted by Crippen LogP contribution is 2.24. The van der Waals surface area contributed by atoms with Gasteiger partial charge in [0.05, 0.1) is 5.39 Å². The van der Waals surface area contributed by atoms with Crippen molar-refractivity contribution in [3.05, 3.63) is 67.8 Å². The van der Waals surface area contributed by atoms with E-state index in [1.54, 1.807) is 22.9 Å². The smallest absolute Gasteiger partial charge is 0.257 e. The number of thiophene rings is 1. The van der Waals surface area contributed by atoms with Gasteiger partial charge in [-0.25, -0.2) is 0 Å². The summed E-state index contributed by atoms with van der Waals surface area (Å²) in [6, 6.07) is 9.00. The Bertz CT molecular complexity index is 994. The highest BCUT2D eigenvalue weighted by atomic mass is 35.5. The van der Waals surface area contributed by atoms with Crippen molar-refractivity contribution in [2.24, 2.45) is 7.05 Å². The molecule has 3 rings (SSSR count). The van der Waals surface area contributed by atoms with Gasteiger partial charge in [0, 0.05) is 36.3 Å². The fraction of sp³-hybridized carbons (Fsp3) is 0.391. The molecule has 1 amide bonds. The SMILES string of the molecule is CC.CC.Cn1cc(C(=O)NCc2ccc(Cl)cc2)c(=O)c2cc(CCCO)sc21. The van der Waals surface area contributed by atoms with Crippen LogP contribution in [0.5, 0.6) is 0 Å². The quantitative estimate of drug-likeness (QED) is 0.544. The van der Waals surface area contributed by atoms with E-state index in [-0.39, 0.29) is 17.6 Å². The van der Waals surface area contributed by atoms with Crippen LogP contribution in [0.3, 0.4) is 0 Å². The van der Waals surface area contributed by atoms with Gasteiger partial charge in [0.25, 0.3) is 5.91 Å². The van der Waals surface area contributed by atoms with Crippen molar-refractivity contribution in [2.45, 2.75) is 47.1 Å². The predicted octanol–water partition coefficient (Wildman–Crippen LogP) is 5.16. The molecule has 7 heteroatoms. The number of fused-ring (bicyclic) bond motifs is 1. The minimum absolute atomic E-state index is 0.114. The molecular weight excluding hydrogens is 420 g/mol. The number of carbonyl (C=O) groups is 1. The first-order chi connectivity index (χ1) is 14.5. The third-order valence-electron chi connectivity index (χ3n) is 4.09. The molecule has 0 unspecified atom stereocenters. The summed E-state index contributed by atoms with van der Waals surface area (Å²) >= 11 is 7.37. The van der Waals surface area contributed by atoms with E-state index in [1.165, 1.54) is 11.3 Å². The molecule has 30 heavy (non-hydrogen) atoms. The third-order valence-corrected chi connectivity index (χ3v) is 5.63. The number of aliphatic hydroxyl groups excluding tert-OH is 1. The average Bonchev–Trinajstić information content (AvgIpc) is 3.22. The van der Waals surface area contributed by atoms with Crippen molar-refractivity contribution in [3.8, 4) is 0 Å². The van der Waals surface area contributed by atoms with Gasteiger partial charge in [0.15, 0.2) is 0 Å². The molecule has 0 saturated heterocycles. The molecule has 0 saturated carbocycles. The summed E-state index contributed by atoms with van der Waals surface area (Å²) < 4.78 is 1.81. The molecule has 0 bridgehead atoms. The van der Waals surface area contributed by atoms with Crippen molar-refractivity contribution in [1.82, 2.24) is 9.88 Å². The molecule has 164 valence electrons. The van der Waals surface area contributed by atoms with Gasteiger partial charge in [-0.05, 0) is 36.6 Å². The molecule has 0 aliphatic heterocycles. The lowest BCUT2D eigenvalue weighted by molar-refractivity contribution is 0.0949. The molecule has 2 heterocycles. The van der Waals surface area contributed by atoms with Crippen LogP contribution in [0.25, 0.3) is 10.2 Å². The van der Waals surface area contributed by atoms with Crippen LogP contribution < -0.4 is 10.7 Å². The Kier molecular flexibility index (Phi) is 11.4. The van der Waals surface area contributed by atoms with E-state index in [4.69, 9.17) is 16.7 Å². The number of rotatable bonds is 6. The molecule has 0 aliphatic carbocycles. The Labute approximate surface area is 187 Å². The lowest BCUT2D eigenvalue weighted by Crippen LogP contribution is -2.29. The fourth-order valence-corrected chi connectivity index (χ4v) is 3.99. The van der Waals surface area contributed by atoms with Crippen LogP contribution in [0.2, 0.25) is 5.02 Å². The van der Waals surface area contributed by atoms with Gasteiger partial charge in [-0.15, -0.1) is 11.3 Å². The van der Waals surface area contributed by atoms with E-state index in [1.807, 2.05) is 52.9 Å². The molecule has 1 aromatic carbocycles. The van der Waals surface area contributed by atoms with E-state index in [9.17, 15) is 9.59 Å². The first-order valence-electron chi connectivity index (χ1n) is 10.2. The minimum atomic E-state index is -0.398. The van der Waals surface area contributed by atoms with Crippen molar-refractivity contribution in [1.29, 1.82) is 0 Å². The van der Waals surface area contributed by atoms with Gasteiger partial charge >= 0.3 is 0 Å². The van der Waals surface area contributed by atoms with Crippen LogP contribution in [0.4, 0.5) is 0 Å². The molecule has 0 spiro atoms. The first kappa shape index (κ1) is 25.9. The van der Waals surface area contributed by atoms with Crippen molar-refractivity contribution in [3.63, 3.8) is 0 Å². The summed E-state index contributed by atoms with van der Waals surface area (Å²) in [5.74, 6) is -0.398. The largest absolute Gasteiger partial charge is 0.396 e. The summed E-state index contributed by atoms with van der Waals surface area (Å²) in [4.78, 5) is 27.1. The maximum Gasteiger partial charge on any atom is 0.257 e. The highest BCUT2D eigenvalue weighted by Gasteiger charge is 2.16. The van der Waals surface area contributed by atoms with E-state index >= 15 is 0 Å². The number of nitrogens with one attached hydrogen (secondary N) is 1. The maximum absolute atomic E-state index is 12.7. The predicted molar refractivity (Wildman–Crippen MR) is 128 cm³/mol. The second-order valence-electron chi connectivity index (χ2n) is 6.05. The number of pyridine rings is 1. The van der Waals surface area contributed by atoms with Crippen LogP contribution in [0, 0.1) is 0 Å². The van der Waals surface area contributed by atoms with E-state index in [0.29, 0.717) is 29.8 Å². The minimum Gasteiger partial charge on any atom is -0.396 e. The number of aliphatic hydroxyl groups is 1. The highest BCUT2D eigenvalue weighted by molar-refractivity contribution is 7.18. The number of benzene rings is 1. The third kappa shape index (κ3) is 6.69. The van der Waals surface area contributed by atoms with E-state index < -0.39 is 5.91 Å². The van der Waals surface area contributed by atoms with E-state index in [0.717, 1.165) is 15.3 Å². The maximum atomic E-state index is 12.7. The summed E-state index contributed by atoms with van der Waals surface area (Å²) in [5, 5.41) is 12.9. The summed E-state index contributed by atoms with van der Waals surface area (Å²) in [7, 11) is 1.82. The van der Waals surface area contributed by atoms with Gasteiger partial charge in [-0.3, -0.25) is 9.59 Å². The van der Waals surface area contributed by atoms with Crippen molar-refractivity contribution < 1.29 is 9.90 Å². The summed E-state index contributed by atoms with van der Waals surface area (Å²) in [6.07, 6.45) is 2.95. The van der Waals surface area contributed by atoms with Crippen LogP contribution in [-0.4, -0.2) is 22.2 Å². The number of carbonyl (C=O) groups excluding carboxylic acids is 1. The van der Waals surface area contributed by atoms with Crippen LogP contribution >= 0.6 is 22.9 Å². The monoisotopic (exact) mass is 450 g/mol. The van der Waals surface area contributed by atoms with Crippen molar-refractivity contribution in [2.75, 3.05) is 6.61 Å². The second-order valence-corrected chi connectivity index (χ2v) is 7.60. The van der Waals surface area contributed by atoms with E-state index in [2.05, 4.69) is 5.32 Å². The second kappa shape index (κ2) is 13.2. The molecule has 5 nitrogen and oxygen atoms in total. The average molecular weight is 451 g/mol. The van der Waals surface area contributed by atoms with Gasteiger partial charge < -0.3 is 15.0 Å². The Morgan fingerprint density at radius 2 is 1.80 bits per heavy atom. The molecule has 0 radical (unpaired) electrons. The lowest BCUT2D eigenvalue weighted by atomic mass is 10.1. The Balaban J connectivity index is 0.00000106. The lowest BCUT2D eigenvalue weighted by Gasteiger charge is -2.07. The number of hydrogen-bond acceptors (Lipinski definition) is 4. The number of aryl methyl sites for hydroxylation is 2. The zero-order chi connectivity index (χ0) is 22.7. The van der Waals surface area contributed by atoms with Crippen molar-refractivity contribution >= 4 is 39.1 Å². The Morgan fingerprint density at radius 1 is 1.17 bits per heavy atom. The summed E-state index contributed by atoms with van der Waals surface area (Å²) in [5.41, 5.74) is 0.765. The number of nitrogens with zero attached hydrogens (tertiary/aromatic N) is 1. The molecule has 3 aromatic rings. The molecule has 0 atom stereocenters. The van der Waals surface area contributed by atoms with Gasteiger partial charge in [0.2, 0.25) is 5.43 Å². The standard InChI is InChI=1S/C19H19ClN2O3S.2C2H6/c1-22-11-16(18(25)21-10-12-4-6-13(20)7-5-12)17(24)15-9-14(3-2-8-23)26-19(15)22;2*1-2/h4-7,9,11,23H,2-3,8,10H2,1H3,(H,21,25);2*1-2H3. The molecular formula is C23H31ClN2O3S. The summed E-state index contributed by atoms with van der Waals surface area (Å²) in [6.45, 7) is 8.44. The zero-order valence-electron chi connectivity index (χ0n) is 18.3. The number of hydrogen-bond donors (Lipinski definition) is 2. The Morgan fingerprint density at radius 3 is 2.40 bits per heavy atom. The molecule has 0 aliphatic rings. The number of aromatic nitrogens is 1. The molecule has 0 fully saturated rings. The van der Waals surface area contributed by atoms with Gasteiger partial charge in [-0.1, -0.05) is 51.4 Å². The van der Waals surface area contributed by atoms with Crippen LogP contribution in [0.1, 0.15) is 54.9 Å². The Hall–Kier alpha value is -2.15. The fourth-order valence-electron chi connectivity index (χ4n) is 2.73. The molecule has 2 aromatic heterocycles. The first-order valence-corrected chi connectivity index (χ1v) is 11.4. The van der Waals surface area contributed by atoms with Gasteiger partial charge in [-0.2, -0.15) is 0 Å².